The highest BCUT2D eigenvalue weighted by atomic mass is 31.2. The minimum Gasteiger partial charge on any atom is -0.309 e. The highest BCUT2D eigenvalue weighted by Crippen LogP contribution is 2.95. The van der Waals surface area contributed by atoms with Crippen molar-refractivity contribution in [2.24, 2.45) is 0 Å². The van der Waals surface area contributed by atoms with Gasteiger partial charge in [0.15, 0.2) is 14.3 Å². The minimum atomic E-state index is -2.80. The Bertz CT molecular complexity index is 1130. The molecule has 6 rings (SSSR count). The smallest absolute Gasteiger partial charge is 0.173 e. The van der Waals surface area contributed by atoms with Gasteiger partial charge in [0.25, 0.3) is 0 Å². The summed E-state index contributed by atoms with van der Waals surface area (Å²) in [5.41, 5.74) is 2.27. The van der Waals surface area contributed by atoms with Crippen molar-refractivity contribution in [1.82, 2.24) is 0 Å². The van der Waals surface area contributed by atoms with Gasteiger partial charge < -0.3 is 9.13 Å². The number of rotatable bonds is 4. The molecule has 142 valence electrons. The SMILES string of the molecule is CC(C)c1ccccc1P1(=O)C2=CC=C3C1=C2P3(=O)c1ccccc1C(C)C. The van der Waals surface area contributed by atoms with Crippen LogP contribution in [0.5, 0.6) is 0 Å². The van der Waals surface area contributed by atoms with Crippen molar-refractivity contribution >= 4 is 24.9 Å². The van der Waals surface area contributed by atoms with E-state index < -0.39 is 14.3 Å². The molecule has 2 nitrogen and oxygen atoms in total. The van der Waals surface area contributed by atoms with Gasteiger partial charge in [-0.25, -0.2) is 0 Å². The van der Waals surface area contributed by atoms with Crippen LogP contribution in [0.4, 0.5) is 0 Å². The maximum absolute atomic E-state index is 14.2. The Morgan fingerprint density at radius 3 is 1.29 bits per heavy atom. The Morgan fingerprint density at radius 2 is 0.964 bits per heavy atom. The van der Waals surface area contributed by atoms with E-state index >= 15 is 0 Å². The lowest BCUT2D eigenvalue weighted by atomic mass is 10.0. The third-order valence-corrected chi connectivity index (χ3v) is 13.2. The molecule has 0 N–H and O–H groups in total. The van der Waals surface area contributed by atoms with Crippen molar-refractivity contribution in [1.29, 1.82) is 0 Å². The van der Waals surface area contributed by atoms with Crippen LogP contribution in [0.15, 0.2) is 81.9 Å². The number of allylic oxidation sites excluding steroid dienone is 6. The first-order valence-corrected chi connectivity index (χ1v) is 13.3. The molecule has 0 spiro atoms. The summed E-state index contributed by atoms with van der Waals surface area (Å²) in [4.78, 5) is 0. The molecule has 4 aliphatic rings. The number of fused-ring (bicyclic) bond motifs is 1. The van der Waals surface area contributed by atoms with Gasteiger partial charge in [0.1, 0.15) is 0 Å². The molecule has 28 heavy (non-hydrogen) atoms. The molecule has 0 fully saturated rings. The van der Waals surface area contributed by atoms with E-state index in [1.165, 1.54) is 0 Å². The standard InChI is InChI=1S/C24H24O2P2/c1-15(2)17-9-5-7-11-19(17)27(25)21-13-14-22-23(27)24(21)28(22,26)20-12-8-6-10-18(20)16(3)4/h5-16H,1-4H3. The second-order valence-corrected chi connectivity index (χ2v) is 13.7. The fraction of sp³-hybridized carbons (Fsp3) is 0.250. The topological polar surface area (TPSA) is 34.1 Å². The molecular formula is C24H24O2P2. The number of benzene rings is 2. The summed E-state index contributed by atoms with van der Waals surface area (Å²) in [5, 5.41) is 5.30. The number of hydrogen-bond acceptors (Lipinski definition) is 2. The molecule has 0 aliphatic carbocycles. The molecule has 2 unspecified atom stereocenters. The Kier molecular flexibility index (Phi) is 3.77. The first kappa shape index (κ1) is 18.2. The Morgan fingerprint density at radius 1 is 0.607 bits per heavy atom. The third kappa shape index (κ3) is 1.96. The Balaban J connectivity index is 1.71. The zero-order valence-electron chi connectivity index (χ0n) is 16.6. The number of hydrogen-bond donors (Lipinski definition) is 0. The lowest BCUT2D eigenvalue weighted by Crippen LogP contribution is -2.35. The normalized spacial score (nSPS) is 27.4. The summed E-state index contributed by atoms with van der Waals surface area (Å²) < 4.78 is 28.5. The van der Waals surface area contributed by atoms with Crippen molar-refractivity contribution in [2.75, 3.05) is 0 Å². The van der Waals surface area contributed by atoms with Crippen LogP contribution in [0, 0.1) is 0 Å². The van der Waals surface area contributed by atoms with Crippen molar-refractivity contribution in [3.8, 4) is 0 Å². The van der Waals surface area contributed by atoms with Crippen molar-refractivity contribution in [3.63, 3.8) is 0 Å². The van der Waals surface area contributed by atoms with Gasteiger partial charge in [0, 0.05) is 31.9 Å². The largest absolute Gasteiger partial charge is 0.309 e. The lowest BCUT2D eigenvalue weighted by Gasteiger charge is -2.53. The van der Waals surface area contributed by atoms with Gasteiger partial charge in [-0.15, -0.1) is 0 Å². The monoisotopic (exact) mass is 406 g/mol. The molecule has 4 aliphatic heterocycles. The van der Waals surface area contributed by atoms with E-state index in [9.17, 15) is 9.13 Å². The third-order valence-electron chi connectivity index (χ3n) is 6.21. The van der Waals surface area contributed by atoms with Gasteiger partial charge in [-0.05, 0) is 35.1 Å². The van der Waals surface area contributed by atoms with E-state index in [1.807, 2.05) is 48.6 Å². The van der Waals surface area contributed by atoms with E-state index in [-0.39, 0.29) is 0 Å². The summed E-state index contributed by atoms with van der Waals surface area (Å²) in [6.07, 6.45) is 3.92. The van der Waals surface area contributed by atoms with Crippen LogP contribution in [0.1, 0.15) is 50.7 Å². The van der Waals surface area contributed by atoms with Crippen LogP contribution in [-0.4, -0.2) is 0 Å². The van der Waals surface area contributed by atoms with Crippen LogP contribution in [-0.2, 0) is 9.13 Å². The highest BCUT2D eigenvalue weighted by molar-refractivity contribution is 7.94. The van der Waals surface area contributed by atoms with Crippen LogP contribution in [0.2, 0.25) is 0 Å². The van der Waals surface area contributed by atoms with E-state index in [4.69, 9.17) is 0 Å². The first-order valence-electron chi connectivity index (χ1n) is 9.91. The molecule has 0 aromatic heterocycles. The molecule has 4 heterocycles. The summed E-state index contributed by atoms with van der Waals surface area (Å²) in [5.74, 6) is 0.599. The van der Waals surface area contributed by atoms with E-state index in [2.05, 4.69) is 39.8 Å². The van der Waals surface area contributed by atoms with Gasteiger partial charge in [-0.1, -0.05) is 76.2 Å². The summed E-state index contributed by atoms with van der Waals surface area (Å²) >= 11 is 0. The van der Waals surface area contributed by atoms with Crippen LogP contribution >= 0.6 is 14.3 Å². The fourth-order valence-electron chi connectivity index (χ4n) is 4.85. The molecule has 2 aromatic rings. The predicted octanol–water partition coefficient (Wildman–Crippen LogP) is 6.63. The summed E-state index contributed by atoms with van der Waals surface area (Å²) in [6, 6.07) is 16.1. The molecule has 4 bridgehead atoms. The van der Waals surface area contributed by atoms with Crippen LogP contribution in [0.3, 0.4) is 0 Å². The molecule has 0 saturated heterocycles. The average Bonchev–Trinajstić information content (AvgIpc) is 2.71. The van der Waals surface area contributed by atoms with Crippen LogP contribution < -0.4 is 10.6 Å². The van der Waals surface area contributed by atoms with Gasteiger partial charge in [-0.3, -0.25) is 0 Å². The van der Waals surface area contributed by atoms with Crippen molar-refractivity contribution < 1.29 is 9.13 Å². The molecular weight excluding hydrogens is 382 g/mol. The average molecular weight is 406 g/mol. The lowest BCUT2D eigenvalue weighted by molar-refractivity contribution is 0.577. The molecule has 0 saturated carbocycles. The van der Waals surface area contributed by atoms with Crippen LogP contribution in [0.25, 0.3) is 0 Å². The van der Waals surface area contributed by atoms with E-state index in [0.717, 1.165) is 43.0 Å². The maximum atomic E-state index is 14.2. The molecule has 4 heteroatoms. The predicted molar refractivity (Wildman–Crippen MR) is 119 cm³/mol. The Hall–Kier alpha value is -1.88. The molecule has 0 radical (unpaired) electrons. The summed E-state index contributed by atoms with van der Waals surface area (Å²) in [7, 11) is -5.59. The van der Waals surface area contributed by atoms with E-state index in [1.54, 1.807) is 0 Å². The zero-order chi connectivity index (χ0) is 19.8. The quantitative estimate of drug-likeness (QED) is 0.534. The van der Waals surface area contributed by atoms with Crippen molar-refractivity contribution in [3.05, 3.63) is 93.1 Å². The molecule has 2 aromatic carbocycles. The maximum Gasteiger partial charge on any atom is 0.173 e. The Labute approximate surface area is 166 Å². The first-order chi connectivity index (χ1) is 13.3. The highest BCUT2D eigenvalue weighted by Gasteiger charge is 2.67. The second kappa shape index (κ2) is 5.82. The second-order valence-electron chi connectivity index (χ2n) is 8.45. The van der Waals surface area contributed by atoms with Gasteiger partial charge >= 0.3 is 0 Å². The zero-order valence-corrected chi connectivity index (χ0v) is 18.4. The van der Waals surface area contributed by atoms with Gasteiger partial charge in [0.2, 0.25) is 0 Å². The van der Waals surface area contributed by atoms with E-state index in [0.29, 0.717) is 11.8 Å². The minimum absolute atomic E-state index is 0.299. The van der Waals surface area contributed by atoms with Crippen molar-refractivity contribution in [2.45, 2.75) is 39.5 Å². The summed E-state index contributed by atoms with van der Waals surface area (Å²) in [6.45, 7) is 8.54. The molecule has 0 amide bonds. The molecule has 2 atom stereocenters. The fourth-order valence-corrected chi connectivity index (χ4v) is 13.5. The van der Waals surface area contributed by atoms with Gasteiger partial charge in [0.05, 0.1) is 0 Å². The van der Waals surface area contributed by atoms with Gasteiger partial charge in [-0.2, -0.15) is 0 Å².